The molecule has 730 valence electrons. The van der Waals surface area contributed by atoms with Gasteiger partial charge in [0.1, 0.15) is 78.5 Å². The van der Waals surface area contributed by atoms with Crippen molar-refractivity contribution in [2.75, 3.05) is 58.8 Å². The van der Waals surface area contributed by atoms with Crippen LogP contribution in [-0.4, -0.2) is 306 Å². The Hall–Kier alpha value is -13.4. The van der Waals surface area contributed by atoms with E-state index in [1.54, 1.807) is 112 Å². The summed E-state index contributed by atoms with van der Waals surface area (Å²) >= 11 is 0.622. The number of nitrogens with two attached hydrogens (primary N) is 3. The lowest BCUT2D eigenvalue weighted by molar-refractivity contribution is -0.152. The highest BCUT2D eigenvalue weighted by Crippen LogP contribution is 2.29. The predicted molar refractivity (Wildman–Crippen MR) is 485 cm³/mol. The number of H-pyrrole nitrogens is 1. The van der Waals surface area contributed by atoms with Gasteiger partial charge in [0.2, 0.25) is 82.7 Å². The smallest absolute Gasteiger partial charge is 0.305 e. The van der Waals surface area contributed by atoms with Crippen LogP contribution < -0.4 is 59.7 Å². The number of carboxylic acid groups (broad SMARTS) is 2. The molecule has 15 atom stereocenters. The number of nitrogens with zero attached hydrogens (tertiary/aromatic N) is 5. The molecule has 2 unspecified atom stereocenters. The van der Waals surface area contributed by atoms with Gasteiger partial charge in [-0.25, -0.2) is 13.2 Å². The quantitative estimate of drug-likeness (QED) is 0.0167. The Bertz CT molecular complexity index is 5180. The number of likely N-dealkylation sites (N-methyl/N-ethyl adjacent to an activating group) is 3. The molecule has 135 heavy (non-hydrogen) atoms. The standard InChI is InChI=1S/C92H118F3N17O22S/c1-7-8-25-70(91(133)112-46-59(116)41-72(112)86(128)101-56(47-113)40-78(121)122)108(4)90(132)74(38-52-20-13-10-14-21-52)110(6)88(130)68(36-54-33-61(93)79(95)62(94)34-54)102-76(118)49-135-48-69(81(123)100-44-75(97)117)107-82(124)64(24-17-32-96)103-83(125)66(35-53-26-28-57(114)29-27-53)105-84(126)67(39-55-43-99-63-23-16-15-22-60(55)63)106-87(129)73-42-58(115)45-111(73)89(131)65(30-31-77(119)120)104-85(127)71(37-51-18-11-9-12-19-51)109(5)92(134)80(98)50(2)3/h9-16,18-23,26-29,33-34,43,47,50,56,58-59,64-74,80,99,114-116H,7-8,17,24-25,30-32,35-42,44-46,48-49,96,98H2,1-6H3,(H2,97,117)(H,100,123)(H,101,128)(H,102,118)(H,103,125)(H,104,127)(H,105,126)(H,106,129)(H,107,124)(H,119,120)(H,121,122)/t56-,58-,59-,64-,65-,66-,67-,68-,69-,70-,71?,72+,73+,74?,80-/m0/s1. The second-order valence-corrected chi connectivity index (χ2v) is 34.9. The Labute approximate surface area is 780 Å². The van der Waals surface area contributed by atoms with Crippen molar-refractivity contribution in [3.63, 3.8) is 0 Å². The molecular formula is C92H118F3N17O22S. The second-order valence-electron chi connectivity index (χ2n) is 33.8. The number of aromatic nitrogens is 1. The summed E-state index contributed by atoms with van der Waals surface area (Å²) in [5.41, 5.74) is 19.7. The molecule has 6 aromatic rings. The fourth-order valence-corrected chi connectivity index (χ4v) is 16.7. The van der Waals surface area contributed by atoms with Gasteiger partial charge in [0, 0.05) is 108 Å². The van der Waals surface area contributed by atoms with Gasteiger partial charge in [0.15, 0.2) is 17.5 Å². The summed E-state index contributed by atoms with van der Waals surface area (Å²) < 4.78 is 44.8. The number of halogens is 3. The molecule has 2 saturated heterocycles. The molecule has 0 spiro atoms. The van der Waals surface area contributed by atoms with Crippen molar-refractivity contribution in [2.24, 2.45) is 23.1 Å². The summed E-state index contributed by atoms with van der Waals surface area (Å²) in [5, 5.41) is 72.6. The minimum atomic E-state index is -1.90. The fourth-order valence-electron chi connectivity index (χ4n) is 15.8. The molecule has 2 aliphatic heterocycles. The SMILES string of the molecule is CCCC[C@@H](C(=O)N1C[C@@H](O)C[C@@H]1C(=O)N[C@H](C=O)CC(=O)O)N(C)C(=O)C(Cc1ccccc1)N(C)C(=O)[C@H](Cc1cc(F)c(F)c(F)c1)NC(=O)CSC[C@H](NC(=O)[C@H](CCCN)NC(=O)[C@H](Cc1ccc(O)cc1)NC(=O)[C@H](Cc1c[nH]c2ccccc12)NC(=O)[C@H]1C[C@H](O)CN1C(=O)[C@H](CCC(=O)O)NC(=O)C(Cc1ccccc1)N(C)C(=O)[C@@H](N)C(C)C)C(=O)NCC(N)=O. The molecule has 43 heteroatoms. The summed E-state index contributed by atoms with van der Waals surface area (Å²) in [4.78, 5) is 248. The topological polar surface area (TPSA) is 598 Å². The van der Waals surface area contributed by atoms with Crippen LogP contribution in [0.2, 0.25) is 0 Å². The van der Waals surface area contributed by atoms with E-state index in [1.807, 2.05) is 0 Å². The van der Waals surface area contributed by atoms with Crippen LogP contribution in [0.5, 0.6) is 5.75 Å². The number of aliphatic carboxylic acids is 2. The van der Waals surface area contributed by atoms with Gasteiger partial charge in [-0.3, -0.25) is 76.7 Å². The molecule has 2 fully saturated rings. The Kier molecular flexibility index (Phi) is 40.5. The zero-order chi connectivity index (χ0) is 99.2. The van der Waals surface area contributed by atoms with E-state index in [0.717, 1.165) is 31.5 Å². The predicted octanol–water partition coefficient (Wildman–Crippen LogP) is -0.612. The van der Waals surface area contributed by atoms with Crippen LogP contribution in [-0.2, 0) is 114 Å². The largest absolute Gasteiger partial charge is 0.508 e. The van der Waals surface area contributed by atoms with E-state index >= 15 is 37.5 Å². The second kappa shape index (κ2) is 51.2. The number of unbranched alkanes of at least 4 members (excludes halogenated alkanes) is 1. The van der Waals surface area contributed by atoms with Gasteiger partial charge < -0.3 is 120 Å². The number of β-amino-alcohol motifs (C(OH)–C–C–N with tert-alkyl or cyclic N) is 2. The average molecular weight is 1900 g/mol. The van der Waals surface area contributed by atoms with Crippen molar-refractivity contribution >= 4 is 124 Å². The number of nitrogens with one attached hydrogen (secondary N) is 9. The molecule has 0 bridgehead atoms. The number of hydrogen-bond acceptors (Lipinski definition) is 23. The van der Waals surface area contributed by atoms with Gasteiger partial charge in [-0.1, -0.05) is 125 Å². The van der Waals surface area contributed by atoms with E-state index in [-0.39, 0.29) is 75.0 Å². The number of hydrogen-bond donors (Lipinski definition) is 17. The van der Waals surface area contributed by atoms with Crippen LogP contribution >= 0.6 is 11.8 Å². The lowest BCUT2D eigenvalue weighted by Crippen LogP contribution is -2.61. The minimum Gasteiger partial charge on any atom is -0.508 e. The van der Waals surface area contributed by atoms with Crippen molar-refractivity contribution in [1.29, 1.82) is 0 Å². The normalized spacial score (nSPS) is 17.1. The van der Waals surface area contributed by atoms with Crippen LogP contribution in [0, 0.1) is 23.4 Å². The Morgan fingerprint density at radius 2 is 1.07 bits per heavy atom. The first-order valence-electron chi connectivity index (χ1n) is 44.0. The van der Waals surface area contributed by atoms with Crippen LogP contribution in [0.1, 0.15) is 113 Å². The zero-order valence-electron chi connectivity index (χ0n) is 75.5. The Balaban J connectivity index is 1.05. The first kappa shape index (κ1) is 107. The lowest BCUT2D eigenvalue weighted by Gasteiger charge is -2.37. The number of fused-ring (bicyclic) bond motifs is 1. The third-order valence-corrected chi connectivity index (χ3v) is 24.4. The third kappa shape index (κ3) is 30.8. The van der Waals surface area contributed by atoms with E-state index in [0.29, 0.717) is 69.9 Å². The molecule has 8 rings (SSSR count). The van der Waals surface area contributed by atoms with E-state index in [1.165, 1.54) is 38.4 Å². The number of aliphatic hydroxyl groups excluding tert-OH is 2. The van der Waals surface area contributed by atoms with E-state index in [4.69, 9.17) is 17.2 Å². The Morgan fingerprint density at radius 1 is 0.548 bits per heavy atom. The monoisotopic (exact) mass is 1900 g/mol. The van der Waals surface area contributed by atoms with Crippen molar-refractivity contribution in [3.05, 3.63) is 173 Å². The summed E-state index contributed by atoms with van der Waals surface area (Å²) in [5.74, 6) is -23.8. The highest BCUT2D eigenvalue weighted by molar-refractivity contribution is 8.00. The molecule has 0 aliphatic carbocycles. The number of benzene rings is 5. The number of thioether (sulfide) groups is 1. The number of carbonyl (C=O) groups is 17. The number of aromatic amines is 1. The van der Waals surface area contributed by atoms with Gasteiger partial charge in [0.25, 0.3) is 0 Å². The number of rotatable bonds is 51. The number of aldehydes is 1. The summed E-state index contributed by atoms with van der Waals surface area (Å²) in [7, 11) is 3.77. The molecule has 5 aromatic carbocycles. The number of para-hydroxylation sites is 1. The van der Waals surface area contributed by atoms with Crippen molar-refractivity contribution in [1.82, 2.24) is 72.0 Å². The summed E-state index contributed by atoms with van der Waals surface area (Å²) in [6.45, 7) is 3.31. The molecule has 0 saturated carbocycles. The zero-order valence-corrected chi connectivity index (χ0v) is 76.3. The van der Waals surface area contributed by atoms with Crippen LogP contribution in [0.3, 0.4) is 0 Å². The van der Waals surface area contributed by atoms with Gasteiger partial charge in [-0.2, -0.15) is 0 Å². The van der Waals surface area contributed by atoms with Crippen molar-refractivity contribution in [2.45, 2.75) is 208 Å². The first-order chi connectivity index (χ1) is 64.1. The Morgan fingerprint density at radius 3 is 1.64 bits per heavy atom. The summed E-state index contributed by atoms with van der Waals surface area (Å²) in [6, 6.07) is 9.53. The number of aliphatic hydroxyl groups is 2. The van der Waals surface area contributed by atoms with Crippen LogP contribution in [0.25, 0.3) is 10.9 Å². The number of carboxylic acids is 2. The van der Waals surface area contributed by atoms with E-state index < -0.39 is 273 Å². The van der Waals surface area contributed by atoms with Crippen molar-refractivity contribution in [3.8, 4) is 5.75 Å². The summed E-state index contributed by atoms with van der Waals surface area (Å²) in [6.07, 6.45) is -5.37. The highest BCUT2D eigenvalue weighted by atomic mass is 32.2. The van der Waals surface area contributed by atoms with Crippen molar-refractivity contribution < 1.29 is 120 Å². The number of primary amides is 1. The van der Waals surface area contributed by atoms with E-state index in [9.17, 15) is 82.7 Å². The number of phenolic OH excluding ortho intramolecular Hbond substituents is 1. The van der Waals surface area contributed by atoms with Gasteiger partial charge in [0.05, 0.1) is 43.0 Å². The molecular weight excluding hydrogens is 1780 g/mol. The molecule has 1 aromatic heterocycles. The molecule has 0 radical (unpaired) electrons. The maximum Gasteiger partial charge on any atom is 0.305 e. The fraction of sp³-hybridized carbons (Fsp3) is 0.467. The number of amides is 14. The average Bonchev–Trinajstić information content (AvgIpc) is 1.77. The first-order valence-corrected chi connectivity index (χ1v) is 45.2. The highest BCUT2D eigenvalue weighted by Gasteiger charge is 2.48. The number of phenols is 1. The van der Waals surface area contributed by atoms with Gasteiger partial charge >= 0.3 is 11.9 Å². The molecule has 2 aliphatic rings. The van der Waals surface area contributed by atoms with Gasteiger partial charge in [-0.05, 0) is 96.3 Å². The molecule has 3 heterocycles. The van der Waals surface area contributed by atoms with Gasteiger partial charge in [-0.15, -0.1) is 11.8 Å². The third-order valence-electron chi connectivity index (χ3n) is 23.3. The minimum absolute atomic E-state index is 0.0109. The number of carbonyl (C=O) groups excluding carboxylic acids is 15. The van der Waals surface area contributed by atoms with Crippen LogP contribution in [0.15, 0.2) is 128 Å². The molecule has 39 nitrogen and oxygen atoms in total. The molecule has 14 amide bonds. The lowest BCUT2D eigenvalue weighted by atomic mass is 9.99. The maximum absolute atomic E-state index is 15.4. The molecule has 20 N–H and O–H groups in total. The number of likely N-dealkylation sites (tertiary alicyclic amines) is 2. The maximum atomic E-state index is 15.4. The van der Waals surface area contributed by atoms with E-state index in [2.05, 4.69) is 47.5 Å². The number of aromatic hydroxyl groups is 1. The van der Waals surface area contributed by atoms with Crippen LogP contribution in [0.4, 0.5) is 13.2 Å².